The average Bonchev–Trinajstić information content (AvgIpc) is 3.15. The lowest BCUT2D eigenvalue weighted by Crippen LogP contribution is -2.48. The first-order valence-corrected chi connectivity index (χ1v) is 11.5. The molecule has 1 N–H and O–H groups in total. The van der Waals surface area contributed by atoms with E-state index in [1.807, 2.05) is 0 Å². The highest BCUT2D eigenvalue weighted by Crippen LogP contribution is 2.44. The molecule has 200 valence electrons. The first-order chi connectivity index (χ1) is 17.2. The molecule has 2 aromatic rings. The van der Waals surface area contributed by atoms with Gasteiger partial charge in [-0.2, -0.15) is 26.3 Å². The van der Waals surface area contributed by atoms with Gasteiger partial charge in [0, 0.05) is 36.0 Å². The molecule has 0 saturated carbocycles. The van der Waals surface area contributed by atoms with Crippen molar-refractivity contribution in [3.05, 3.63) is 76.0 Å². The number of hydrogen-bond acceptors (Lipinski definition) is 5. The van der Waals surface area contributed by atoms with E-state index in [2.05, 4.69) is 5.48 Å². The summed E-state index contributed by atoms with van der Waals surface area (Å²) in [5.74, 6) is 0. The van der Waals surface area contributed by atoms with Crippen LogP contribution >= 0.6 is 11.6 Å². The molecule has 0 fully saturated rings. The number of amides is 1. The fourth-order valence-corrected chi connectivity index (χ4v) is 4.85. The van der Waals surface area contributed by atoms with Gasteiger partial charge in [-0.05, 0) is 67.3 Å². The molecule has 2 aliphatic rings. The lowest BCUT2D eigenvalue weighted by atomic mass is 9.95. The Morgan fingerprint density at radius 1 is 1.16 bits per heavy atom. The number of nitrogens with zero attached hydrogens (tertiary/aromatic N) is 2. The van der Waals surface area contributed by atoms with E-state index in [1.54, 1.807) is 24.0 Å². The van der Waals surface area contributed by atoms with Crippen molar-refractivity contribution in [2.45, 2.75) is 50.4 Å². The Morgan fingerprint density at radius 2 is 1.81 bits per heavy atom. The fourth-order valence-electron chi connectivity index (χ4n) is 4.68. The Kier molecular flexibility index (Phi) is 7.12. The number of halogens is 7. The standard InChI is InChI=1S/C24H22ClF6N3O3/c1-22(6-7-32-37-22)34(13-14-9-15(23(26,27)28)11-16(10-14)24(29,30)31)19-3-2-8-33(21(35)36)20-12-17(25)4-5-18(19)20/h4-7,9-12,19,32H,2-3,8,13H2,1H3,(H,35,36)/p-1. The second-order valence-electron chi connectivity index (χ2n) is 8.93. The minimum absolute atomic E-state index is 0.0630. The van der Waals surface area contributed by atoms with Crippen LogP contribution in [-0.2, 0) is 23.7 Å². The van der Waals surface area contributed by atoms with Crippen LogP contribution in [0.3, 0.4) is 0 Å². The number of carboxylic acid groups (broad SMARTS) is 1. The topological polar surface area (TPSA) is 67.9 Å². The summed E-state index contributed by atoms with van der Waals surface area (Å²) in [6, 6.07) is 5.29. The van der Waals surface area contributed by atoms with Crippen molar-refractivity contribution in [1.82, 2.24) is 10.4 Å². The molecule has 0 spiro atoms. The van der Waals surface area contributed by atoms with E-state index in [1.165, 1.54) is 18.3 Å². The molecule has 6 nitrogen and oxygen atoms in total. The fraction of sp³-hybridized carbons (Fsp3) is 0.375. The van der Waals surface area contributed by atoms with Gasteiger partial charge < -0.3 is 14.8 Å². The number of nitrogens with one attached hydrogen (secondary N) is 1. The predicted octanol–water partition coefficient (Wildman–Crippen LogP) is 5.63. The van der Waals surface area contributed by atoms with E-state index >= 15 is 0 Å². The van der Waals surface area contributed by atoms with E-state index < -0.39 is 41.3 Å². The minimum atomic E-state index is -5.00. The Balaban J connectivity index is 1.85. The van der Waals surface area contributed by atoms with Crippen molar-refractivity contribution < 1.29 is 41.1 Å². The molecule has 2 aliphatic heterocycles. The van der Waals surface area contributed by atoms with Gasteiger partial charge in [0.25, 0.3) is 0 Å². The van der Waals surface area contributed by atoms with Crippen LogP contribution in [0.2, 0.25) is 5.02 Å². The number of anilines is 1. The molecular weight excluding hydrogens is 528 g/mol. The van der Waals surface area contributed by atoms with E-state index in [0.717, 1.165) is 4.90 Å². The van der Waals surface area contributed by atoms with Crippen molar-refractivity contribution in [1.29, 1.82) is 0 Å². The van der Waals surface area contributed by atoms with Gasteiger partial charge in [0.1, 0.15) is 6.09 Å². The van der Waals surface area contributed by atoms with Gasteiger partial charge in [-0.25, -0.2) is 0 Å². The number of carbonyl (C=O) groups is 1. The van der Waals surface area contributed by atoms with Crippen LogP contribution in [0.15, 0.2) is 48.7 Å². The maximum atomic E-state index is 13.5. The summed E-state index contributed by atoms with van der Waals surface area (Å²) < 4.78 is 81.0. The molecule has 0 aliphatic carbocycles. The predicted molar refractivity (Wildman–Crippen MR) is 120 cm³/mol. The van der Waals surface area contributed by atoms with Crippen LogP contribution in [0.25, 0.3) is 0 Å². The monoisotopic (exact) mass is 548 g/mol. The van der Waals surface area contributed by atoms with Gasteiger partial charge in [0.15, 0.2) is 5.72 Å². The Hall–Kier alpha value is -2.96. The average molecular weight is 549 g/mol. The maximum Gasteiger partial charge on any atom is 0.416 e. The van der Waals surface area contributed by atoms with Crippen LogP contribution in [0.4, 0.5) is 36.8 Å². The third-order valence-electron chi connectivity index (χ3n) is 6.40. The molecule has 1 amide bonds. The quantitative estimate of drug-likeness (QED) is 0.502. The van der Waals surface area contributed by atoms with Crippen molar-refractivity contribution in [2.24, 2.45) is 0 Å². The number of rotatable bonds is 4. The zero-order valence-electron chi connectivity index (χ0n) is 19.3. The van der Waals surface area contributed by atoms with E-state index in [0.29, 0.717) is 30.5 Å². The normalized spacial score (nSPS) is 22.1. The molecule has 13 heteroatoms. The number of hydroxylamine groups is 1. The van der Waals surface area contributed by atoms with Gasteiger partial charge in [-0.3, -0.25) is 15.2 Å². The molecule has 2 unspecified atom stereocenters. The number of hydrogen-bond donors (Lipinski definition) is 1. The second kappa shape index (κ2) is 9.73. The SMILES string of the molecule is CC1(N(Cc2cc(C(F)(F)F)cc(C(F)(F)F)c2)C2CCCN(C(=O)[O-])c3cc(Cl)ccc32)C=CNO1. The Bertz CT molecular complexity index is 1190. The minimum Gasteiger partial charge on any atom is -0.530 e. The highest BCUT2D eigenvalue weighted by molar-refractivity contribution is 6.31. The number of alkyl halides is 6. The van der Waals surface area contributed by atoms with E-state index in [9.17, 15) is 36.2 Å². The van der Waals surface area contributed by atoms with Gasteiger partial charge in [-0.1, -0.05) is 17.7 Å². The van der Waals surface area contributed by atoms with Crippen LogP contribution in [0.1, 0.15) is 48.1 Å². The van der Waals surface area contributed by atoms with E-state index in [4.69, 9.17) is 16.4 Å². The van der Waals surface area contributed by atoms with Crippen molar-refractivity contribution in [3.8, 4) is 0 Å². The highest BCUT2D eigenvalue weighted by Gasteiger charge is 2.42. The number of carbonyl (C=O) groups excluding carboxylic acids is 1. The lowest BCUT2D eigenvalue weighted by molar-refractivity contribution is -0.246. The highest BCUT2D eigenvalue weighted by atomic mass is 35.5. The molecule has 0 radical (unpaired) electrons. The molecule has 2 atom stereocenters. The third kappa shape index (κ3) is 5.65. The molecular formula is C24H21ClF6N3O3-. The first kappa shape index (κ1) is 27.1. The van der Waals surface area contributed by atoms with Gasteiger partial charge in [-0.15, -0.1) is 0 Å². The van der Waals surface area contributed by atoms with Crippen LogP contribution in [0, 0.1) is 0 Å². The molecule has 0 bridgehead atoms. The van der Waals surface area contributed by atoms with Gasteiger partial charge in [0.05, 0.1) is 11.1 Å². The Morgan fingerprint density at radius 3 is 2.35 bits per heavy atom. The zero-order chi connectivity index (χ0) is 27.2. The van der Waals surface area contributed by atoms with Crippen molar-refractivity contribution in [2.75, 3.05) is 11.4 Å². The van der Waals surface area contributed by atoms with Gasteiger partial charge in [0.2, 0.25) is 0 Å². The first-order valence-electron chi connectivity index (χ1n) is 11.1. The summed E-state index contributed by atoms with van der Waals surface area (Å²) in [5.41, 5.74) is -1.18. The summed E-state index contributed by atoms with van der Waals surface area (Å²) in [6.07, 6.45) is -7.81. The summed E-state index contributed by atoms with van der Waals surface area (Å²) in [6.45, 7) is 1.28. The smallest absolute Gasteiger partial charge is 0.416 e. The van der Waals surface area contributed by atoms with Crippen molar-refractivity contribution in [3.63, 3.8) is 0 Å². The van der Waals surface area contributed by atoms with Crippen LogP contribution < -0.4 is 15.5 Å². The lowest BCUT2D eigenvalue weighted by Gasteiger charge is -2.42. The summed E-state index contributed by atoms with van der Waals surface area (Å²) >= 11 is 6.12. The van der Waals surface area contributed by atoms with Gasteiger partial charge >= 0.3 is 12.4 Å². The van der Waals surface area contributed by atoms with Crippen LogP contribution in [0.5, 0.6) is 0 Å². The number of fused-ring (bicyclic) bond motifs is 1. The second-order valence-corrected chi connectivity index (χ2v) is 9.37. The summed E-state index contributed by atoms with van der Waals surface area (Å²) in [4.78, 5) is 20.1. The largest absolute Gasteiger partial charge is 0.530 e. The van der Waals surface area contributed by atoms with Crippen LogP contribution in [-0.4, -0.2) is 23.3 Å². The third-order valence-corrected chi connectivity index (χ3v) is 6.63. The molecule has 4 rings (SSSR count). The zero-order valence-corrected chi connectivity index (χ0v) is 20.0. The molecule has 2 heterocycles. The summed E-state index contributed by atoms with van der Waals surface area (Å²) in [5, 5.41) is 12.1. The van der Waals surface area contributed by atoms with Crippen molar-refractivity contribution >= 4 is 23.4 Å². The summed E-state index contributed by atoms with van der Waals surface area (Å²) in [7, 11) is 0. The maximum absolute atomic E-state index is 13.5. The number of benzene rings is 2. The molecule has 2 aromatic carbocycles. The molecule has 37 heavy (non-hydrogen) atoms. The van der Waals surface area contributed by atoms with E-state index in [-0.39, 0.29) is 35.4 Å². The Labute approximate surface area is 213 Å². The molecule has 0 aromatic heterocycles. The molecule has 0 saturated heterocycles.